The molecule has 0 saturated carbocycles. The van der Waals surface area contributed by atoms with E-state index in [1.807, 2.05) is 38.1 Å². The summed E-state index contributed by atoms with van der Waals surface area (Å²) in [6.07, 6.45) is 0.779. The number of ether oxygens (including phenoxy) is 1. The van der Waals surface area contributed by atoms with E-state index in [0.29, 0.717) is 12.1 Å². The Morgan fingerprint density at radius 2 is 1.71 bits per heavy atom. The average molecular weight is 460 g/mol. The van der Waals surface area contributed by atoms with Gasteiger partial charge in [0.2, 0.25) is 0 Å². The molecule has 2 heterocycles. The third-order valence-electron chi connectivity index (χ3n) is 6.02. The summed E-state index contributed by atoms with van der Waals surface area (Å²) in [5.74, 6) is -0.757. The van der Waals surface area contributed by atoms with E-state index in [9.17, 15) is 19.5 Å². The standard InChI is InChI=1S/C26H25N3O5/c1-16-14-22(17(2)28(16)13-12-18-8-10-19(34-3)11-9-18)23(30)15-29-25(31)21-7-5-4-6-20(21)24(27-29)26(32)33/h4-11,14H,12-13,15H2,1-3H3,(H,32,33). The molecule has 2 aromatic carbocycles. The minimum absolute atomic E-state index is 0.215. The Hall–Kier alpha value is -4.20. The molecule has 174 valence electrons. The third kappa shape index (κ3) is 4.34. The first-order valence-electron chi connectivity index (χ1n) is 10.9. The summed E-state index contributed by atoms with van der Waals surface area (Å²) in [7, 11) is 1.63. The van der Waals surface area contributed by atoms with Crippen LogP contribution in [0.3, 0.4) is 0 Å². The highest BCUT2D eigenvalue weighted by molar-refractivity contribution is 6.01. The summed E-state index contributed by atoms with van der Waals surface area (Å²) in [5, 5.41) is 14.0. The molecule has 0 unspecified atom stereocenters. The number of methoxy groups -OCH3 is 1. The molecule has 2 aromatic heterocycles. The minimum atomic E-state index is -1.26. The first-order valence-corrected chi connectivity index (χ1v) is 10.9. The Labute approximate surface area is 196 Å². The number of carbonyl (C=O) groups is 2. The number of hydrogen-bond donors (Lipinski definition) is 1. The van der Waals surface area contributed by atoms with Crippen molar-refractivity contribution >= 4 is 22.5 Å². The number of aryl methyl sites for hydroxylation is 2. The molecule has 0 aliphatic heterocycles. The fourth-order valence-electron chi connectivity index (χ4n) is 4.18. The second-order valence-corrected chi connectivity index (χ2v) is 8.12. The number of carboxylic acids is 1. The van der Waals surface area contributed by atoms with Gasteiger partial charge in [0.15, 0.2) is 11.5 Å². The van der Waals surface area contributed by atoms with Crippen LogP contribution in [0, 0.1) is 13.8 Å². The minimum Gasteiger partial charge on any atom is -0.497 e. The van der Waals surface area contributed by atoms with E-state index in [1.54, 1.807) is 25.3 Å². The second kappa shape index (κ2) is 9.35. The number of nitrogens with zero attached hydrogens (tertiary/aromatic N) is 3. The Balaban J connectivity index is 1.59. The van der Waals surface area contributed by atoms with E-state index in [0.717, 1.165) is 33.8 Å². The molecule has 8 nitrogen and oxygen atoms in total. The Morgan fingerprint density at radius 1 is 1.03 bits per heavy atom. The maximum absolute atomic E-state index is 13.1. The molecule has 1 N–H and O–H groups in total. The predicted octanol–water partition coefficient (Wildman–Crippen LogP) is 3.65. The molecule has 4 rings (SSSR count). The number of Topliss-reactive ketones (excluding diaryl/α,β-unsaturated/α-hetero) is 1. The van der Waals surface area contributed by atoms with Crippen LogP contribution in [-0.2, 0) is 19.5 Å². The van der Waals surface area contributed by atoms with Crippen LogP contribution in [0.4, 0.5) is 0 Å². The van der Waals surface area contributed by atoms with Crippen LogP contribution in [0.1, 0.15) is 37.8 Å². The average Bonchev–Trinajstić information content (AvgIpc) is 3.12. The molecule has 0 spiro atoms. The summed E-state index contributed by atoms with van der Waals surface area (Å²) in [5.41, 5.74) is 2.61. The number of carbonyl (C=O) groups excluding carboxylic acids is 1. The highest BCUT2D eigenvalue weighted by Gasteiger charge is 2.20. The van der Waals surface area contributed by atoms with Crippen LogP contribution >= 0.6 is 0 Å². The molecule has 0 saturated heterocycles. The molecule has 0 fully saturated rings. The summed E-state index contributed by atoms with van der Waals surface area (Å²) >= 11 is 0. The van der Waals surface area contributed by atoms with Crippen molar-refractivity contribution in [2.24, 2.45) is 0 Å². The smallest absolute Gasteiger partial charge is 0.357 e. The van der Waals surface area contributed by atoms with Gasteiger partial charge in [-0.2, -0.15) is 5.10 Å². The molecule has 0 atom stereocenters. The number of rotatable bonds is 8. The number of benzene rings is 2. The molecule has 0 aliphatic rings. The Bertz CT molecular complexity index is 1450. The van der Waals surface area contributed by atoms with E-state index in [1.165, 1.54) is 12.1 Å². The number of fused-ring (bicyclic) bond motifs is 1. The summed E-state index contributed by atoms with van der Waals surface area (Å²) in [4.78, 5) is 37.7. The largest absolute Gasteiger partial charge is 0.497 e. The van der Waals surface area contributed by atoms with Gasteiger partial charge in [-0.15, -0.1) is 0 Å². The Kier molecular flexibility index (Phi) is 6.32. The highest BCUT2D eigenvalue weighted by Crippen LogP contribution is 2.19. The van der Waals surface area contributed by atoms with Crippen molar-refractivity contribution in [2.45, 2.75) is 33.4 Å². The van der Waals surface area contributed by atoms with Crippen molar-refractivity contribution < 1.29 is 19.4 Å². The van der Waals surface area contributed by atoms with Crippen LogP contribution in [0.25, 0.3) is 10.8 Å². The maximum Gasteiger partial charge on any atom is 0.357 e. The van der Waals surface area contributed by atoms with Gasteiger partial charge in [-0.3, -0.25) is 9.59 Å². The summed E-state index contributed by atoms with van der Waals surface area (Å²) in [6.45, 7) is 4.15. The number of carboxylic acid groups (broad SMARTS) is 1. The third-order valence-corrected chi connectivity index (χ3v) is 6.02. The number of ketones is 1. The van der Waals surface area contributed by atoms with Crippen LogP contribution in [0.5, 0.6) is 5.75 Å². The van der Waals surface area contributed by atoms with Crippen LogP contribution in [0.15, 0.2) is 59.4 Å². The van der Waals surface area contributed by atoms with Gasteiger partial charge in [-0.05, 0) is 50.1 Å². The van der Waals surface area contributed by atoms with Crippen LogP contribution in [-0.4, -0.2) is 38.3 Å². The lowest BCUT2D eigenvalue weighted by atomic mass is 10.1. The lowest BCUT2D eigenvalue weighted by Crippen LogP contribution is -2.29. The SMILES string of the molecule is COc1ccc(CCn2c(C)cc(C(=O)Cn3nc(C(=O)O)c4ccccc4c3=O)c2C)cc1. The van der Waals surface area contributed by atoms with Gasteiger partial charge >= 0.3 is 5.97 Å². The molecule has 8 heteroatoms. The maximum atomic E-state index is 13.1. The monoisotopic (exact) mass is 459 g/mol. The van der Waals surface area contributed by atoms with Gasteiger partial charge in [0, 0.05) is 28.9 Å². The van der Waals surface area contributed by atoms with Crippen LogP contribution < -0.4 is 10.3 Å². The zero-order valence-electron chi connectivity index (χ0n) is 19.2. The van der Waals surface area contributed by atoms with Crippen molar-refractivity contribution in [3.63, 3.8) is 0 Å². The van der Waals surface area contributed by atoms with Crippen molar-refractivity contribution in [3.05, 3.63) is 93.2 Å². The normalized spacial score (nSPS) is 11.0. The fourth-order valence-corrected chi connectivity index (χ4v) is 4.18. The quantitative estimate of drug-likeness (QED) is 0.404. The van der Waals surface area contributed by atoms with E-state index < -0.39 is 11.5 Å². The highest BCUT2D eigenvalue weighted by atomic mass is 16.5. The van der Waals surface area contributed by atoms with Crippen molar-refractivity contribution in [1.82, 2.24) is 14.3 Å². The molecule has 0 amide bonds. The number of aromatic nitrogens is 3. The lowest BCUT2D eigenvalue weighted by Gasteiger charge is -2.11. The van der Waals surface area contributed by atoms with Crippen LogP contribution in [0.2, 0.25) is 0 Å². The van der Waals surface area contributed by atoms with Gasteiger partial charge in [0.1, 0.15) is 12.3 Å². The molecule has 0 radical (unpaired) electrons. The van der Waals surface area contributed by atoms with E-state index >= 15 is 0 Å². The van der Waals surface area contributed by atoms with E-state index in [-0.39, 0.29) is 28.8 Å². The Morgan fingerprint density at radius 3 is 2.35 bits per heavy atom. The fraction of sp³-hybridized carbons (Fsp3) is 0.231. The van der Waals surface area contributed by atoms with Crippen molar-refractivity contribution in [1.29, 1.82) is 0 Å². The molecule has 4 aromatic rings. The van der Waals surface area contributed by atoms with E-state index in [2.05, 4.69) is 9.67 Å². The molecular weight excluding hydrogens is 434 g/mol. The molecular formula is C26H25N3O5. The lowest BCUT2D eigenvalue weighted by molar-refractivity contribution is 0.0688. The summed E-state index contributed by atoms with van der Waals surface area (Å²) in [6, 6.07) is 16.0. The van der Waals surface area contributed by atoms with Gasteiger partial charge in [0.25, 0.3) is 5.56 Å². The second-order valence-electron chi connectivity index (χ2n) is 8.12. The number of aromatic carboxylic acids is 1. The van der Waals surface area contributed by atoms with Crippen molar-refractivity contribution in [2.75, 3.05) is 7.11 Å². The zero-order valence-corrected chi connectivity index (χ0v) is 19.2. The van der Waals surface area contributed by atoms with Gasteiger partial charge in [0.05, 0.1) is 12.5 Å². The van der Waals surface area contributed by atoms with Gasteiger partial charge < -0.3 is 14.4 Å². The van der Waals surface area contributed by atoms with Gasteiger partial charge in [-0.1, -0.05) is 30.3 Å². The topological polar surface area (TPSA) is 103 Å². The molecule has 34 heavy (non-hydrogen) atoms. The number of hydrogen-bond acceptors (Lipinski definition) is 5. The van der Waals surface area contributed by atoms with Crippen molar-refractivity contribution in [3.8, 4) is 5.75 Å². The molecule has 0 aliphatic carbocycles. The predicted molar refractivity (Wildman–Crippen MR) is 128 cm³/mol. The summed E-state index contributed by atoms with van der Waals surface area (Å²) < 4.78 is 8.20. The first-order chi connectivity index (χ1) is 16.3. The molecule has 0 bridgehead atoms. The first kappa shape index (κ1) is 23.0. The van der Waals surface area contributed by atoms with E-state index in [4.69, 9.17) is 4.74 Å². The zero-order chi connectivity index (χ0) is 24.4. The van der Waals surface area contributed by atoms with Gasteiger partial charge in [-0.25, -0.2) is 9.48 Å².